The van der Waals surface area contributed by atoms with Crippen LogP contribution in [0.2, 0.25) is 0 Å². The van der Waals surface area contributed by atoms with Gasteiger partial charge in [-0.05, 0) is 42.0 Å². The summed E-state index contributed by atoms with van der Waals surface area (Å²) in [5.74, 6) is 1.72. The van der Waals surface area contributed by atoms with Gasteiger partial charge in [0, 0.05) is 44.8 Å². The van der Waals surface area contributed by atoms with E-state index < -0.39 is 0 Å². The Morgan fingerprint density at radius 1 is 0.733 bits per heavy atom. The fraction of sp³-hybridized carbons (Fsp3) is 0.308. The molecule has 0 saturated carbocycles. The maximum atomic E-state index is 6.39. The summed E-state index contributed by atoms with van der Waals surface area (Å²) in [4.78, 5) is 5.02. The highest BCUT2D eigenvalue weighted by Crippen LogP contribution is 2.27. The normalized spacial score (nSPS) is 15.6. The van der Waals surface area contributed by atoms with E-state index in [1.54, 1.807) is 7.11 Å². The van der Waals surface area contributed by atoms with Gasteiger partial charge in [0.25, 0.3) is 0 Å². The highest BCUT2D eigenvalue weighted by atomic mass is 16.5. The lowest BCUT2D eigenvalue weighted by Gasteiger charge is -2.36. The number of hydrogen-bond donors (Lipinski definition) is 0. The number of ether oxygens (including phenoxy) is 2. The van der Waals surface area contributed by atoms with Gasteiger partial charge in [-0.1, -0.05) is 48.5 Å². The zero-order chi connectivity index (χ0) is 20.6. The summed E-state index contributed by atoms with van der Waals surface area (Å²) in [7, 11) is 1.68. The van der Waals surface area contributed by atoms with Crippen LogP contribution < -0.4 is 14.4 Å². The molecule has 0 aliphatic carbocycles. The monoisotopic (exact) mass is 402 g/mol. The lowest BCUT2D eigenvalue weighted by molar-refractivity contribution is 0.160. The third-order valence-electron chi connectivity index (χ3n) is 5.71. The van der Waals surface area contributed by atoms with Crippen molar-refractivity contribution in [3.05, 3.63) is 90.5 Å². The van der Waals surface area contributed by atoms with Crippen LogP contribution in [0.15, 0.2) is 84.9 Å². The predicted octanol–water partition coefficient (Wildman–Crippen LogP) is 5.03. The van der Waals surface area contributed by atoms with E-state index in [4.69, 9.17) is 9.47 Å². The van der Waals surface area contributed by atoms with Gasteiger partial charge in [-0.15, -0.1) is 0 Å². The van der Waals surface area contributed by atoms with Crippen LogP contribution in [0.5, 0.6) is 11.5 Å². The quantitative estimate of drug-likeness (QED) is 0.528. The maximum absolute atomic E-state index is 6.39. The molecule has 1 saturated heterocycles. The Hall–Kier alpha value is -2.98. The number of hydrogen-bond acceptors (Lipinski definition) is 4. The number of piperazine rings is 1. The van der Waals surface area contributed by atoms with Gasteiger partial charge in [-0.2, -0.15) is 0 Å². The van der Waals surface area contributed by atoms with Crippen molar-refractivity contribution in [1.29, 1.82) is 0 Å². The molecule has 0 amide bonds. The highest BCUT2D eigenvalue weighted by molar-refractivity contribution is 5.46. The maximum Gasteiger partial charge on any atom is 0.125 e. The SMILES string of the molecule is COc1ccc(OC(CCN2CCN(c3ccccc3)CC2)c2ccccc2)cc1. The molecule has 0 N–H and O–H groups in total. The standard InChI is InChI=1S/C26H30N2O2/c1-29-24-12-14-25(15-13-24)30-26(22-8-4-2-5-9-22)16-17-27-18-20-28(21-19-27)23-10-6-3-7-11-23/h2-15,26H,16-21H2,1H3. The average molecular weight is 403 g/mol. The molecule has 0 radical (unpaired) electrons. The van der Waals surface area contributed by atoms with Gasteiger partial charge in [0.15, 0.2) is 0 Å². The molecule has 1 atom stereocenters. The van der Waals surface area contributed by atoms with Gasteiger partial charge in [-0.3, -0.25) is 4.90 Å². The molecule has 30 heavy (non-hydrogen) atoms. The lowest BCUT2D eigenvalue weighted by Crippen LogP contribution is -2.46. The fourth-order valence-corrected chi connectivity index (χ4v) is 3.95. The van der Waals surface area contributed by atoms with Gasteiger partial charge in [0.2, 0.25) is 0 Å². The van der Waals surface area contributed by atoms with Crippen molar-refractivity contribution in [2.24, 2.45) is 0 Å². The van der Waals surface area contributed by atoms with E-state index in [2.05, 4.69) is 70.5 Å². The molecular formula is C26H30N2O2. The Kier molecular flexibility index (Phi) is 6.88. The molecule has 3 aromatic rings. The fourth-order valence-electron chi connectivity index (χ4n) is 3.95. The van der Waals surface area contributed by atoms with Crippen LogP contribution in [0.1, 0.15) is 18.1 Å². The molecule has 1 aliphatic heterocycles. The second kappa shape index (κ2) is 10.2. The van der Waals surface area contributed by atoms with E-state index in [0.717, 1.165) is 50.6 Å². The van der Waals surface area contributed by atoms with E-state index in [-0.39, 0.29) is 6.10 Å². The third-order valence-corrected chi connectivity index (χ3v) is 5.71. The summed E-state index contributed by atoms with van der Waals surface area (Å²) >= 11 is 0. The zero-order valence-corrected chi connectivity index (χ0v) is 17.6. The first-order chi connectivity index (χ1) is 14.8. The van der Waals surface area contributed by atoms with Crippen molar-refractivity contribution in [3.8, 4) is 11.5 Å². The minimum Gasteiger partial charge on any atom is -0.497 e. The molecule has 1 unspecified atom stereocenters. The summed E-state index contributed by atoms with van der Waals surface area (Å²) in [5.41, 5.74) is 2.54. The summed E-state index contributed by atoms with van der Waals surface area (Å²) in [5, 5.41) is 0. The number of benzene rings is 3. The minimum atomic E-state index is 0.0340. The van der Waals surface area contributed by atoms with Crippen LogP contribution in [0.3, 0.4) is 0 Å². The van der Waals surface area contributed by atoms with Crippen LogP contribution >= 0.6 is 0 Å². The molecule has 0 bridgehead atoms. The second-order valence-corrected chi connectivity index (χ2v) is 7.65. The molecule has 0 spiro atoms. The van der Waals surface area contributed by atoms with Crippen LogP contribution in [-0.2, 0) is 0 Å². The van der Waals surface area contributed by atoms with Crippen molar-refractivity contribution in [3.63, 3.8) is 0 Å². The topological polar surface area (TPSA) is 24.9 Å². The van der Waals surface area contributed by atoms with Gasteiger partial charge in [0.1, 0.15) is 17.6 Å². The molecule has 156 valence electrons. The van der Waals surface area contributed by atoms with E-state index in [9.17, 15) is 0 Å². The van der Waals surface area contributed by atoms with Crippen molar-refractivity contribution in [2.75, 3.05) is 44.7 Å². The molecule has 0 aromatic heterocycles. The van der Waals surface area contributed by atoms with Crippen molar-refractivity contribution in [1.82, 2.24) is 4.90 Å². The highest BCUT2D eigenvalue weighted by Gasteiger charge is 2.20. The number of nitrogens with zero attached hydrogens (tertiary/aromatic N) is 2. The molecule has 4 nitrogen and oxygen atoms in total. The molecule has 4 rings (SSSR count). The molecular weight excluding hydrogens is 372 g/mol. The van der Waals surface area contributed by atoms with Crippen LogP contribution in [0.25, 0.3) is 0 Å². The molecule has 3 aromatic carbocycles. The summed E-state index contributed by atoms with van der Waals surface area (Å²) in [6.07, 6.45) is 0.994. The van der Waals surface area contributed by atoms with Crippen molar-refractivity contribution < 1.29 is 9.47 Å². The number of para-hydroxylation sites is 1. The second-order valence-electron chi connectivity index (χ2n) is 7.65. The van der Waals surface area contributed by atoms with Gasteiger partial charge in [-0.25, -0.2) is 0 Å². The van der Waals surface area contributed by atoms with Crippen molar-refractivity contribution in [2.45, 2.75) is 12.5 Å². The first kappa shape index (κ1) is 20.3. The summed E-state index contributed by atoms with van der Waals surface area (Å²) in [6.45, 7) is 5.33. The van der Waals surface area contributed by atoms with Crippen molar-refractivity contribution >= 4 is 5.69 Å². The number of rotatable bonds is 8. The van der Waals surface area contributed by atoms with Gasteiger partial charge < -0.3 is 14.4 Å². The van der Waals surface area contributed by atoms with E-state index in [0.29, 0.717) is 0 Å². The molecule has 4 heteroatoms. The average Bonchev–Trinajstić information content (AvgIpc) is 2.83. The van der Waals surface area contributed by atoms with E-state index in [1.165, 1.54) is 11.3 Å². The molecule has 1 aliphatic rings. The van der Waals surface area contributed by atoms with Crippen LogP contribution in [0, 0.1) is 0 Å². The first-order valence-electron chi connectivity index (χ1n) is 10.7. The van der Waals surface area contributed by atoms with E-state index in [1.807, 2.05) is 24.3 Å². The zero-order valence-electron chi connectivity index (χ0n) is 17.6. The predicted molar refractivity (Wildman–Crippen MR) is 123 cm³/mol. The third kappa shape index (κ3) is 5.33. The lowest BCUT2D eigenvalue weighted by atomic mass is 10.1. The Balaban J connectivity index is 1.35. The Morgan fingerprint density at radius 3 is 1.97 bits per heavy atom. The molecule has 1 heterocycles. The Bertz CT molecular complexity index is 876. The minimum absolute atomic E-state index is 0.0340. The Labute approximate surface area is 179 Å². The number of anilines is 1. The van der Waals surface area contributed by atoms with Gasteiger partial charge >= 0.3 is 0 Å². The van der Waals surface area contributed by atoms with Crippen LogP contribution in [-0.4, -0.2) is 44.7 Å². The first-order valence-corrected chi connectivity index (χ1v) is 10.7. The summed E-state index contributed by atoms with van der Waals surface area (Å²) < 4.78 is 11.6. The van der Waals surface area contributed by atoms with Gasteiger partial charge in [0.05, 0.1) is 7.11 Å². The summed E-state index contributed by atoms with van der Waals surface area (Å²) in [6, 6.07) is 29.1. The van der Waals surface area contributed by atoms with E-state index >= 15 is 0 Å². The largest absolute Gasteiger partial charge is 0.497 e. The Morgan fingerprint density at radius 2 is 1.33 bits per heavy atom. The smallest absolute Gasteiger partial charge is 0.125 e. The van der Waals surface area contributed by atoms with Crippen LogP contribution in [0.4, 0.5) is 5.69 Å². The number of methoxy groups -OCH3 is 1. The molecule has 1 fully saturated rings.